The molecule has 0 radical (unpaired) electrons. The van der Waals surface area contributed by atoms with Gasteiger partial charge in [0, 0.05) is 11.4 Å². The minimum absolute atomic E-state index is 0.302. The summed E-state index contributed by atoms with van der Waals surface area (Å²) in [5.74, 6) is 1.82. The number of carbonyl (C=O) groups excluding carboxylic acids is 2. The van der Waals surface area contributed by atoms with Crippen LogP contribution in [0.4, 0.5) is 5.69 Å². The predicted octanol–water partition coefficient (Wildman–Crippen LogP) is 3.92. The minimum Gasteiger partial charge on any atom is -0.462 e. The van der Waals surface area contributed by atoms with E-state index in [9.17, 15) is 9.59 Å². The maximum absolute atomic E-state index is 12.3. The molecule has 4 nitrogen and oxygen atoms in total. The van der Waals surface area contributed by atoms with Crippen LogP contribution >= 0.6 is 11.8 Å². The fourth-order valence-electron chi connectivity index (χ4n) is 2.49. The zero-order chi connectivity index (χ0) is 16.9. The van der Waals surface area contributed by atoms with Gasteiger partial charge >= 0.3 is 5.97 Å². The van der Waals surface area contributed by atoms with Crippen molar-refractivity contribution >= 4 is 40.1 Å². The Kier molecular flexibility index (Phi) is 5.04. The van der Waals surface area contributed by atoms with Gasteiger partial charge in [-0.3, -0.25) is 0 Å². The molecule has 0 spiro atoms. The Bertz CT molecular complexity index is 866. The Morgan fingerprint density at radius 3 is 2.79 bits per heavy atom. The highest BCUT2D eigenvalue weighted by molar-refractivity contribution is 8.03. The smallest absolute Gasteiger partial charge is 0.341 e. The first-order valence-electron chi connectivity index (χ1n) is 7.77. The van der Waals surface area contributed by atoms with Gasteiger partial charge in [0.2, 0.25) is 0 Å². The van der Waals surface area contributed by atoms with Crippen molar-refractivity contribution in [3.8, 4) is 0 Å². The maximum atomic E-state index is 12.3. The monoisotopic (exact) mass is 339 g/mol. The van der Waals surface area contributed by atoms with Crippen LogP contribution in [-0.2, 0) is 14.3 Å². The molecule has 1 aliphatic rings. The standard InChI is InChI=1S/C19H17NO3S/c1-2-9-23-19(22)17-15(11-21)12-24-18(17)20-16-8-7-13-5-3-4-6-14(13)10-16/h3-8,10,20H,2,9,12H2,1H3. The van der Waals surface area contributed by atoms with E-state index in [1.54, 1.807) is 0 Å². The molecule has 0 saturated heterocycles. The quantitative estimate of drug-likeness (QED) is 0.661. The summed E-state index contributed by atoms with van der Waals surface area (Å²) in [6, 6.07) is 14.0. The van der Waals surface area contributed by atoms with Crippen molar-refractivity contribution in [1.29, 1.82) is 0 Å². The van der Waals surface area contributed by atoms with Gasteiger partial charge in [0.25, 0.3) is 0 Å². The third-order valence-corrected chi connectivity index (χ3v) is 4.69. The Hall–Kier alpha value is -2.49. The van der Waals surface area contributed by atoms with E-state index in [-0.39, 0.29) is 0 Å². The molecule has 122 valence electrons. The van der Waals surface area contributed by atoms with Crippen LogP contribution in [0, 0.1) is 0 Å². The Morgan fingerprint density at radius 1 is 1.25 bits per heavy atom. The lowest BCUT2D eigenvalue weighted by atomic mass is 10.1. The molecule has 0 unspecified atom stereocenters. The zero-order valence-corrected chi connectivity index (χ0v) is 14.1. The van der Waals surface area contributed by atoms with Gasteiger partial charge < -0.3 is 10.1 Å². The highest BCUT2D eigenvalue weighted by Crippen LogP contribution is 2.36. The number of esters is 1. The molecule has 2 aromatic rings. The van der Waals surface area contributed by atoms with E-state index in [1.165, 1.54) is 11.8 Å². The molecule has 0 bridgehead atoms. The van der Waals surface area contributed by atoms with Crippen molar-refractivity contribution in [2.45, 2.75) is 13.3 Å². The van der Waals surface area contributed by atoms with Crippen LogP contribution in [0.15, 0.2) is 58.6 Å². The third-order valence-electron chi connectivity index (χ3n) is 3.66. The Labute approximate surface area is 144 Å². The highest BCUT2D eigenvalue weighted by atomic mass is 32.2. The van der Waals surface area contributed by atoms with E-state index >= 15 is 0 Å². The molecule has 0 fully saturated rings. The summed E-state index contributed by atoms with van der Waals surface area (Å²) in [7, 11) is 0. The van der Waals surface area contributed by atoms with Crippen molar-refractivity contribution in [3.05, 3.63) is 58.6 Å². The largest absolute Gasteiger partial charge is 0.462 e. The zero-order valence-electron chi connectivity index (χ0n) is 13.3. The van der Waals surface area contributed by atoms with E-state index in [0.717, 1.165) is 22.9 Å². The molecule has 2 aromatic carbocycles. The number of hydrogen-bond acceptors (Lipinski definition) is 5. The molecule has 0 saturated carbocycles. The summed E-state index contributed by atoms with van der Waals surface area (Å²) in [4.78, 5) is 23.4. The molecule has 0 aromatic heterocycles. The summed E-state index contributed by atoms with van der Waals surface area (Å²) in [5.41, 5.74) is 1.52. The first-order chi connectivity index (χ1) is 11.7. The van der Waals surface area contributed by atoms with Gasteiger partial charge in [-0.05, 0) is 29.3 Å². The lowest BCUT2D eigenvalue weighted by Gasteiger charge is -2.10. The van der Waals surface area contributed by atoms with Crippen LogP contribution in [0.25, 0.3) is 10.8 Å². The molecular weight excluding hydrogens is 322 g/mol. The average molecular weight is 339 g/mol. The molecule has 3 rings (SSSR count). The van der Waals surface area contributed by atoms with Gasteiger partial charge in [-0.2, -0.15) is 0 Å². The predicted molar refractivity (Wildman–Crippen MR) is 97.5 cm³/mol. The number of thioether (sulfide) groups is 1. The number of carbonyl (C=O) groups is 1. The van der Waals surface area contributed by atoms with Crippen molar-refractivity contribution in [1.82, 2.24) is 0 Å². The second-order valence-electron chi connectivity index (χ2n) is 5.40. The number of anilines is 1. The molecule has 0 amide bonds. The second kappa shape index (κ2) is 7.39. The van der Waals surface area contributed by atoms with E-state index in [2.05, 4.69) is 5.32 Å². The molecule has 1 N–H and O–H groups in total. The van der Waals surface area contributed by atoms with E-state index in [4.69, 9.17) is 4.74 Å². The number of hydrogen-bond donors (Lipinski definition) is 1. The van der Waals surface area contributed by atoms with Gasteiger partial charge in [-0.25, -0.2) is 9.59 Å². The maximum Gasteiger partial charge on any atom is 0.341 e. The molecule has 5 heteroatoms. The van der Waals surface area contributed by atoms with Crippen molar-refractivity contribution in [3.63, 3.8) is 0 Å². The normalized spacial score (nSPS) is 14.0. The van der Waals surface area contributed by atoms with E-state index < -0.39 is 5.97 Å². The van der Waals surface area contributed by atoms with E-state index in [0.29, 0.717) is 28.5 Å². The number of ether oxygens (including phenoxy) is 1. The van der Waals surface area contributed by atoms with Crippen LogP contribution in [0.5, 0.6) is 0 Å². The van der Waals surface area contributed by atoms with Gasteiger partial charge in [-0.15, -0.1) is 11.8 Å². The Morgan fingerprint density at radius 2 is 2.04 bits per heavy atom. The summed E-state index contributed by atoms with van der Waals surface area (Å²) in [6.45, 7) is 2.26. The van der Waals surface area contributed by atoms with Gasteiger partial charge in [0.1, 0.15) is 11.5 Å². The first kappa shape index (κ1) is 16.4. The average Bonchev–Trinajstić information content (AvgIpc) is 3.02. The number of nitrogens with one attached hydrogen (secondary N) is 1. The second-order valence-corrected chi connectivity index (χ2v) is 6.38. The van der Waals surface area contributed by atoms with Gasteiger partial charge in [-0.1, -0.05) is 37.3 Å². The van der Waals surface area contributed by atoms with Crippen LogP contribution in [0.1, 0.15) is 13.3 Å². The number of benzene rings is 2. The summed E-state index contributed by atoms with van der Waals surface area (Å²) >= 11 is 1.41. The van der Waals surface area contributed by atoms with Gasteiger partial charge in [0.15, 0.2) is 0 Å². The van der Waals surface area contributed by atoms with Crippen LogP contribution in [0.3, 0.4) is 0 Å². The molecule has 0 aliphatic carbocycles. The fourth-order valence-corrected chi connectivity index (χ4v) is 3.52. The van der Waals surface area contributed by atoms with E-state index in [1.807, 2.05) is 55.3 Å². The summed E-state index contributed by atoms with van der Waals surface area (Å²) in [5, 5.41) is 6.14. The lowest BCUT2D eigenvalue weighted by Crippen LogP contribution is -2.12. The number of rotatable bonds is 5. The molecule has 24 heavy (non-hydrogen) atoms. The fraction of sp³-hybridized carbons (Fsp3) is 0.211. The summed E-state index contributed by atoms with van der Waals surface area (Å²) < 4.78 is 5.20. The molecule has 1 heterocycles. The first-order valence-corrected chi connectivity index (χ1v) is 8.76. The minimum atomic E-state index is -0.469. The van der Waals surface area contributed by atoms with Crippen LogP contribution < -0.4 is 5.32 Å². The third kappa shape index (κ3) is 3.37. The molecule has 1 aliphatic heterocycles. The van der Waals surface area contributed by atoms with Gasteiger partial charge in [0.05, 0.1) is 17.2 Å². The van der Waals surface area contributed by atoms with Crippen molar-refractivity contribution in [2.24, 2.45) is 0 Å². The SMILES string of the molecule is CCCOC(=O)C1=C(Nc2ccc3ccccc3c2)SCC1=C=O. The van der Waals surface area contributed by atoms with Crippen LogP contribution in [0.2, 0.25) is 0 Å². The van der Waals surface area contributed by atoms with Crippen molar-refractivity contribution in [2.75, 3.05) is 17.7 Å². The Balaban J connectivity index is 1.92. The number of fused-ring (bicyclic) bond motifs is 1. The van der Waals surface area contributed by atoms with Crippen LogP contribution in [-0.4, -0.2) is 24.3 Å². The molecule has 0 atom stereocenters. The summed E-state index contributed by atoms with van der Waals surface area (Å²) in [6.07, 6.45) is 0.736. The highest BCUT2D eigenvalue weighted by Gasteiger charge is 2.29. The topological polar surface area (TPSA) is 55.4 Å². The van der Waals surface area contributed by atoms with Crippen molar-refractivity contribution < 1.29 is 14.3 Å². The molecular formula is C19H17NO3S. The lowest BCUT2D eigenvalue weighted by molar-refractivity contribution is -0.138.